The molecule has 1 aliphatic heterocycles. The van der Waals surface area contributed by atoms with Gasteiger partial charge in [0.2, 0.25) is 0 Å². The Kier molecular flexibility index (Phi) is 1.31. The summed E-state index contributed by atoms with van der Waals surface area (Å²) in [5.41, 5.74) is 0. The van der Waals surface area contributed by atoms with Crippen LogP contribution in [0.5, 0.6) is 0 Å². The summed E-state index contributed by atoms with van der Waals surface area (Å²) in [6.45, 7) is 6.85. The number of nitrogens with zero attached hydrogens (tertiary/aromatic N) is 1. The van der Waals surface area contributed by atoms with Gasteiger partial charge in [-0.1, -0.05) is 13.8 Å². The second kappa shape index (κ2) is 1.73. The van der Waals surface area contributed by atoms with Crippen LogP contribution in [-0.4, -0.2) is 24.0 Å². The SMILES string of the molecule is CC(C)[C@H]1[C@H](C)N1C. The summed E-state index contributed by atoms with van der Waals surface area (Å²) in [5.74, 6) is 0.843. The molecule has 0 radical (unpaired) electrons. The minimum absolute atomic E-state index is 0.843. The van der Waals surface area contributed by atoms with Crippen molar-refractivity contribution in [2.75, 3.05) is 7.05 Å². The highest BCUT2D eigenvalue weighted by atomic mass is 15.3. The first-order valence-electron chi connectivity index (χ1n) is 3.36. The highest BCUT2D eigenvalue weighted by Crippen LogP contribution is 2.30. The molecule has 1 nitrogen and oxygen atoms in total. The molecular formula is C7H15N. The van der Waals surface area contributed by atoms with Crippen LogP contribution >= 0.6 is 0 Å². The van der Waals surface area contributed by atoms with E-state index in [0.717, 1.165) is 18.0 Å². The highest BCUT2D eigenvalue weighted by Gasteiger charge is 2.41. The van der Waals surface area contributed by atoms with Crippen molar-refractivity contribution in [3.8, 4) is 0 Å². The van der Waals surface area contributed by atoms with E-state index in [9.17, 15) is 0 Å². The van der Waals surface area contributed by atoms with Crippen molar-refractivity contribution in [2.24, 2.45) is 5.92 Å². The molecule has 0 aliphatic carbocycles. The summed E-state index contributed by atoms with van der Waals surface area (Å²) in [5, 5.41) is 0. The molecule has 3 atom stereocenters. The van der Waals surface area contributed by atoms with Gasteiger partial charge in [-0.2, -0.15) is 0 Å². The number of hydrogen-bond donors (Lipinski definition) is 0. The molecule has 8 heavy (non-hydrogen) atoms. The average molecular weight is 113 g/mol. The monoisotopic (exact) mass is 113 g/mol. The fourth-order valence-electron chi connectivity index (χ4n) is 1.55. The van der Waals surface area contributed by atoms with E-state index in [1.165, 1.54) is 0 Å². The zero-order valence-corrected chi connectivity index (χ0v) is 6.18. The Morgan fingerprint density at radius 2 is 1.75 bits per heavy atom. The van der Waals surface area contributed by atoms with E-state index in [2.05, 4.69) is 32.7 Å². The van der Waals surface area contributed by atoms with Gasteiger partial charge in [-0.05, 0) is 19.9 Å². The lowest BCUT2D eigenvalue weighted by atomic mass is 10.1. The molecule has 48 valence electrons. The maximum Gasteiger partial charge on any atom is 0.0272 e. The Hall–Kier alpha value is -0.0400. The standard InChI is InChI=1S/C7H15N/c1-5(2)7-6(3)8(7)4/h5-7H,1-4H3/t6-,7-,8?/m0/s1. The van der Waals surface area contributed by atoms with Gasteiger partial charge in [0.05, 0.1) is 0 Å². The van der Waals surface area contributed by atoms with E-state index < -0.39 is 0 Å². The maximum absolute atomic E-state index is 2.41. The van der Waals surface area contributed by atoms with Crippen LogP contribution in [-0.2, 0) is 0 Å². The summed E-state index contributed by atoms with van der Waals surface area (Å²) in [4.78, 5) is 2.41. The predicted molar refractivity (Wildman–Crippen MR) is 35.9 cm³/mol. The van der Waals surface area contributed by atoms with E-state index >= 15 is 0 Å². The Morgan fingerprint density at radius 3 is 1.75 bits per heavy atom. The molecule has 0 N–H and O–H groups in total. The van der Waals surface area contributed by atoms with Crippen molar-refractivity contribution in [1.82, 2.24) is 4.90 Å². The minimum atomic E-state index is 0.843. The first kappa shape index (κ1) is 6.09. The topological polar surface area (TPSA) is 3.01 Å². The molecule has 1 unspecified atom stereocenters. The molecule has 0 saturated carbocycles. The predicted octanol–water partition coefficient (Wildman–Crippen LogP) is 1.34. The first-order chi connectivity index (χ1) is 3.64. The summed E-state index contributed by atoms with van der Waals surface area (Å²) in [6.07, 6.45) is 0. The van der Waals surface area contributed by atoms with Gasteiger partial charge >= 0.3 is 0 Å². The second-order valence-electron chi connectivity index (χ2n) is 3.14. The van der Waals surface area contributed by atoms with Crippen molar-refractivity contribution in [3.05, 3.63) is 0 Å². The second-order valence-corrected chi connectivity index (χ2v) is 3.14. The molecule has 0 spiro atoms. The molecule has 0 amide bonds. The van der Waals surface area contributed by atoms with Crippen molar-refractivity contribution >= 4 is 0 Å². The molecule has 1 fully saturated rings. The van der Waals surface area contributed by atoms with Crippen LogP contribution in [0, 0.1) is 5.92 Å². The highest BCUT2D eigenvalue weighted by molar-refractivity contribution is 4.97. The zero-order valence-electron chi connectivity index (χ0n) is 6.18. The van der Waals surface area contributed by atoms with Crippen LogP contribution in [0.4, 0.5) is 0 Å². The van der Waals surface area contributed by atoms with E-state index in [1.54, 1.807) is 0 Å². The molecule has 1 rings (SSSR count). The summed E-state index contributed by atoms with van der Waals surface area (Å²) in [7, 11) is 2.19. The lowest BCUT2D eigenvalue weighted by Crippen LogP contribution is -2.02. The third kappa shape index (κ3) is 0.752. The molecule has 1 saturated heterocycles. The lowest BCUT2D eigenvalue weighted by molar-refractivity contribution is 0.505. The molecule has 0 aromatic heterocycles. The number of likely N-dealkylation sites (N-methyl/N-ethyl adjacent to an activating group) is 1. The molecule has 0 aromatic carbocycles. The van der Waals surface area contributed by atoms with Crippen molar-refractivity contribution < 1.29 is 0 Å². The fraction of sp³-hybridized carbons (Fsp3) is 1.00. The number of rotatable bonds is 1. The number of hydrogen-bond acceptors (Lipinski definition) is 1. The average Bonchev–Trinajstić information content (AvgIpc) is 2.15. The van der Waals surface area contributed by atoms with Gasteiger partial charge in [-0.3, -0.25) is 4.90 Å². The van der Waals surface area contributed by atoms with Crippen LogP contribution in [0.1, 0.15) is 20.8 Å². The largest absolute Gasteiger partial charge is 0.297 e. The van der Waals surface area contributed by atoms with Gasteiger partial charge in [-0.25, -0.2) is 0 Å². The van der Waals surface area contributed by atoms with Gasteiger partial charge in [0.1, 0.15) is 0 Å². The summed E-state index contributed by atoms with van der Waals surface area (Å²) in [6, 6.07) is 1.71. The molecule has 1 aliphatic rings. The van der Waals surface area contributed by atoms with Crippen molar-refractivity contribution in [3.63, 3.8) is 0 Å². The van der Waals surface area contributed by atoms with Crippen LogP contribution in [0.25, 0.3) is 0 Å². The van der Waals surface area contributed by atoms with Crippen molar-refractivity contribution in [1.29, 1.82) is 0 Å². The molecule has 1 heterocycles. The summed E-state index contributed by atoms with van der Waals surface area (Å²) < 4.78 is 0. The molecule has 0 aromatic rings. The van der Waals surface area contributed by atoms with Crippen molar-refractivity contribution in [2.45, 2.75) is 32.9 Å². The Morgan fingerprint density at radius 1 is 1.38 bits per heavy atom. The first-order valence-corrected chi connectivity index (χ1v) is 3.36. The van der Waals surface area contributed by atoms with Gasteiger partial charge in [0.15, 0.2) is 0 Å². The lowest BCUT2D eigenvalue weighted by Gasteiger charge is -1.97. The van der Waals surface area contributed by atoms with E-state index in [0.29, 0.717) is 0 Å². The molecular weight excluding hydrogens is 98.1 g/mol. The smallest absolute Gasteiger partial charge is 0.0272 e. The fourth-order valence-corrected chi connectivity index (χ4v) is 1.55. The van der Waals surface area contributed by atoms with Crippen LogP contribution in [0.15, 0.2) is 0 Å². The Labute approximate surface area is 51.7 Å². The summed E-state index contributed by atoms with van der Waals surface area (Å²) >= 11 is 0. The quantitative estimate of drug-likeness (QED) is 0.464. The molecule has 1 heteroatoms. The van der Waals surface area contributed by atoms with Crippen LogP contribution in [0.3, 0.4) is 0 Å². The van der Waals surface area contributed by atoms with Gasteiger partial charge in [0, 0.05) is 12.1 Å². The Balaban J connectivity index is 2.33. The van der Waals surface area contributed by atoms with Crippen LogP contribution < -0.4 is 0 Å². The minimum Gasteiger partial charge on any atom is -0.297 e. The third-order valence-electron chi connectivity index (χ3n) is 2.20. The third-order valence-corrected chi connectivity index (χ3v) is 2.20. The Bertz CT molecular complexity index is 73.6. The van der Waals surface area contributed by atoms with Gasteiger partial charge in [-0.15, -0.1) is 0 Å². The van der Waals surface area contributed by atoms with E-state index in [1.807, 2.05) is 0 Å². The normalized spacial score (nSPS) is 45.4. The molecule has 0 bridgehead atoms. The van der Waals surface area contributed by atoms with E-state index in [4.69, 9.17) is 0 Å². The van der Waals surface area contributed by atoms with E-state index in [-0.39, 0.29) is 0 Å². The maximum atomic E-state index is 2.41. The zero-order chi connectivity index (χ0) is 6.31. The van der Waals surface area contributed by atoms with Crippen LogP contribution in [0.2, 0.25) is 0 Å². The van der Waals surface area contributed by atoms with Gasteiger partial charge in [0.25, 0.3) is 0 Å². The van der Waals surface area contributed by atoms with Gasteiger partial charge < -0.3 is 0 Å².